The van der Waals surface area contributed by atoms with E-state index in [1.54, 1.807) is 4.90 Å². The molecule has 1 aromatic rings. The van der Waals surface area contributed by atoms with Crippen molar-refractivity contribution in [1.82, 2.24) is 25.7 Å². The van der Waals surface area contributed by atoms with E-state index in [0.29, 0.717) is 31.1 Å². The number of hydrogen-bond acceptors (Lipinski definition) is 9. The normalized spacial score (nSPS) is 24.6. The molecular weight excluding hydrogens is 474 g/mol. The van der Waals surface area contributed by atoms with E-state index in [4.69, 9.17) is 4.74 Å². The van der Waals surface area contributed by atoms with Gasteiger partial charge in [0.15, 0.2) is 4.34 Å². The smallest absolute Gasteiger partial charge is 0.315 e. The van der Waals surface area contributed by atoms with Crippen molar-refractivity contribution in [3.8, 4) is 0 Å². The fourth-order valence-corrected chi connectivity index (χ4v) is 7.04. The van der Waals surface area contributed by atoms with E-state index in [2.05, 4.69) is 27.8 Å². The molecule has 2 aliphatic heterocycles. The highest BCUT2D eigenvalue weighted by Crippen LogP contribution is 2.44. The number of aromatic nitrogens is 2. The van der Waals surface area contributed by atoms with E-state index in [1.807, 2.05) is 6.92 Å². The molecule has 0 spiro atoms. The van der Waals surface area contributed by atoms with Crippen LogP contribution in [0.4, 0.5) is 4.79 Å². The van der Waals surface area contributed by atoms with Crippen LogP contribution in [-0.4, -0.2) is 87.3 Å². The average molecular weight is 504 g/mol. The number of carboxylic acid groups (broad SMARTS) is 1. The molecule has 32 heavy (non-hydrogen) atoms. The summed E-state index contributed by atoms with van der Waals surface area (Å²) in [7, 11) is 0. The van der Waals surface area contributed by atoms with Gasteiger partial charge in [-0.05, 0) is 19.8 Å². The zero-order valence-corrected chi connectivity index (χ0v) is 20.6. The topological polar surface area (TPSA) is 134 Å². The summed E-state index contributed by atoms with van der Waals surface area (Å²) in [5.41, 5.74) is -1.06. The summed E-state index contributed by atoms with van der Waals surface area (Å²) in [6.07, 6.45) is 2.81. The van der Waals surface area contributed by atoms with Crippen molar-refractivity contribution in [2.45, 2.75) is 48.9 Å². The lowest BCUT2D eigenvalue weighted by atomic mass is 9.89. The number of nitrogens with one attached hydrogen (secondary N) is 2. The van der Waals surface area contributed by atoms with Gasteiger partial charge < -0.3 is 25.4 Å². The fraction of sp³-hybridized carbons (Fsp3) is 0.737. The number of aliphatic carboxylic acids is 1. The minimum Gasteiger partial charge on any atom is -0.481 e. The van der Waals surface area contributed by atoms with Crippen molar-refractivity contribution in [3.05, 3.63) is 5.01 Å². The number of fused-ring (bicyclic) bond motifs is 1. The standard InChI is InChI=1S/C19H29N5O5S3/c1-3-4-7-29-8-5-6-20-17(28)21-13-14(25)24-9-19(16(26)27,10-30-15(13)24)11-31-18-23-22-12(2)32-18/h13,15H,3-11H2,1-2H3,(H,26,27)(H2,20,21,28)/t13?,15-,19?/m1/s1. The number of nitrogens with zero attached hydrogens (tertiary/aromatic N) is 3. The van der Waals surface area contributed by atoms with Gasteiger partial charge in [0.1, 0.15) is 21.8 Å². The summed E-state index contributed by atoms with van der Waals surface area (Å²) in [5, 5.41) is 23.9. The van der Waals surface area contributed by atoms with E-state index >= 15 is 0 Å². The number of carbonyl (C=O) groups excluding carboxylic acids is 2. The third kappa shape index (κ3) is 6.06. The molecule has 1 aromatic heterocycles. The Morgan fingerprint density at radius 1 is 1.34 bits per heavy atom. The van der Waals surface area contributed by atoms with E-state index in [9.17, 15) is 19.5 Å². The highest BCUT2D eigenvalue weighted by Gasteiger charge is 2.57. The van der Waals surface area contributed by atoms with Gasteiger partial charge >= 0.3 is 12.0 Å². The van der Waals surface area contributed by atoms with Gasteiger partial charge in [0.2, 0.25) is 5.91 Å². The first-order chi connectivity index (χ1) is 15.4. The molecule has 3 N–H and O–H groups in total. The van der Waals surface area contributed by atoms with Gasteiger partial charge in [-0.1, -0.05) is 36.4 Å². The molecular formula is C19H29N5O5S3. The molecule has 3 heterocycles. The van der Waals surface area contributed by atoms with Crippen molar-refractivity contribution in [3.63, 3.8) is 0 Å². The number of amides is 3. The molecule has 0 aromatic carbocycles. The molecule has 10 nitrogen and oxygen atoms in total. The van der Waals surface area contributed by atoms with Crippen molar-refractivity contribution in [1.29, 1.82) is 0 Å². The Morgan fingerprint density at radius 3 is 2.81 bits per heavy atom. The molecule has 178 valence electrons. The van der Waals surface area contributed by atoms with Crippen LogP contribution in [0.5, 0.6) is 0 Å². The number of carboxylic acids is 1. The van der Waals surface area contributed by atoms with Crippen LogP contribution in [0.1, 0.15) is 31.2 Å². The Bertz CT molecular complexity index is 825. The van der Waals surface area contributed by atoms with E-state index in [1.165, 1.54) is 34.9 Å². The van der Waals surface area contributed by atoms with Gasteiger partial charge in [-0.25, -0.2) is 4.79 Å². The Kier molecular flexibility index (Phi) is 9.03. The molecule has 3 atom stereocenters. The van der Waals surface area contributed by atoms with Crippen LogP contribution in [0.15, 0.2) is 4.34 Å². The number of carbonyl (C=O) groups is 3. The van der Waals surface area contributed by atoms with Gasteiger partial charge in [0.25, 0.3) is 0 Å². The molecule has 0 aliphatic carbocycles. The predicted molar refractivity (Wildman–Crippen MR) is 124 cm³/mol. The van der Waals surface area contributed by atoms with Crippen molar-refractivity contribution in [2.24, 2.45) is 5.41 Å². The third-order valence-electron chi connectivity index (χ3n) is 5.26. The number of aryl methyl sites for hydroxylation is 1. The lowest BCUT2D eigenvalue weighted by Crippen LogP contribution is -2.74. The summed E-state index contributed by atoms with van der Waals surface area (Å²) in [6.45, 7) is 5.85. The second-order valence-electron chi connectivity index (χ2n) is 7.83. The van der Waals surface area contributed by atoms with E-state index in [0.717, 1.165) is 28.8 Å². The van der Waals surface area contributed by atoms with Gasteiger partial charge in [0, 0.05) is 37.8 Å². The average Bonchev–Trinajstić information content (AvgIpc) is 3.20. The lowest BCUT2D eigenvalue weighted by molar-refractivity contribution is -0.156. The molecule has 3 amide bonds. The maximum absolute atomic E-state index is 12.6. The van der Waals surface area contributed by atoms with E-state index in [-0.39, 0.29) is 17.8 Å². The fourth-order valence-electron chi connectivity index (χ4n) is 3.36. The molecule has 13 heteroatoms. The molecule has 0 bridgehead atoms. The third-order valence-corrected chi connectivity index (χ3v) is 9.11. The van der Waals surface area contributed by atoms with Crippen LogP contribution in [0.3, 0.4) is 0 Å². The highest BCUT2D eigenvalue weighted by molar-refractivity contribution is 8.01. The first kappa shape index (κ1) is 25.1. The summed E-state index contributed by atoms with van der Waals surface area (Å²) in [6, 6.07) is -1.03. The van der Waals surface area contributed by atoms with Crippen LogP contribution in [-0.2, 0) is 14.3 Å². The second kappa shape index (κ2) is 11.5. The number of thioether (sulfide) groups is 2. The summed E-state index contributed by atoms with van der Waals surface area (Å²) in [5.74, 6) is -0.515. The minimum atomic E-state index is -1.06. The Balaban J connectivity index is 1.44. The van der Waals surface area contributed by atoms with Gasteiger partial charge in [-0.3, -0.25) is 9.59 Å². The number of unbranched alkanes of at least 4 members (excludes halogenated alkanes) is 1. The van der Waals surface area contributed by atoms with Crippen LogP contribution in [0.2, 0.25) is 0 Å². The number of rotatable bonds is 12. The number of urea groups is 1. The summed E-state index contributed by atoms with van der Waals surface area (Å²) < 4.78 is 6.17. The molecule has 0 radical (unpaired) electrons. The summed E-state index contributed by atoms with van der Waals surface area (Å²) >= 11 is 4.17. The molecule has 2 fully saturated rings. The monoisotopic (exact) mass is 503 g/mol. The van der Waals surface area contributed by atoms with Crippen molar-refractivity contribution < 1.29 is 24.2 Å². The maximum atomic E-state index is 12.6. The maximum Gasteiger partial charge on any atom is 0.315 e. The molecule has 3 rings (SSSR count). The number of β-lactam (4-membered cyclic amide) rings is 1. The molecule has 0 saturated carbocycles. The van der Waals surface area contributed by atoms with Gasteiger partial charge in [0.05, 0.1) is 0 Å². The zero-order valence-electron chi connectivity index (χ0n) is 18.2. The largest absolute Gasteiger partial charge is 0.481 e. The Hall–Kier alpha value is -1.57. The lowest BCUT2D eigenvalue weighted by Gasteiger charge is -2.53. The first-order valence-corrected chi connectivity index (χ1v) is 13.4. The van der Waals surface area contributed by atoms with Crippen LogP contribution >= 0.6 is 34.9 Å². The quantitative estimate of drug-likeness (QED) is 0.222. The van der Waals surface area contributed by atoms with E-state index < -0.39 is 23.5 Å². The zero-order chi connectivity index (χ0) is 23.1. The Labute approximate surface area is 199 Å². The highest BCUT2D eigenvalue weighted by atomic mass is 32.2. The molecule has 2 unspecified atom stereocenters. The first-order valence-electron chi connectivity index (χ1n) is 10.6. The summed E-state index contributed by atoms with van der Waals surface area (Å²) in [4.78, 5) is 38.4. The number of hydrogen-bond donors (Lipinski definition) is 3. The van der Waals surface area contributed by atoms with Crippen molar-refractivity contribution >= 4 is 52.8 Å². The predicted octanol–water partition coefficient (Wildman–Crippen LogP) is 1.80. The number of ether oxygens (including phenoxy) is 1. The Morgan fingerprint density at radius 2 is 2.12 bits per heavy atom. The van der Waals surface area contributed by atoms with Crippen LogP contribution < -0.4 is 10.6 Å². The molecule has 2 saturated heterocycles. The van der Waals surface area contributed by atoms with Crippen LogP contribution in [0.25, 0.3) is 0 Å². The SMILES string of the molecule is CCCCOCCCNC(=O)NC1C(=O)N2CC(CSc3nnc(C)s3)(C(=O)O)CS[C@H]12. The minimum absolute atomic E-state index is 0.124. The van der Waals surface area contributed by atoms with Crippen molar-refractivity contribution in [2.75, 3.05) is 37.8 Å². The molecule has 2 aliphatic rings. The van der Waals surface area contributed by atoms with Crippen LogP contribution in [0, 0.1) is 12.3 Å². The van der Waals surface area contributed by atoms with Gasteiger partial charge in [-0.2, -0.15) is 0 Å². The second-order valence-corrected chi connectivity index (χ2v) is 11.3. The van der Waals surface area contributed by atoms with Gasteiger partial charge in [-0.15, -0.1) is 22.0 Å².